The fourth-order valence-corrected chi connectivity index (χ4v) is 3.16. The van der Waals surface area contributed by atoms with Crippen molar-refractivity contribution in [1.29, 1.82) is 0 Å². The van der Waals surface area contributed by atoms with Gasteiger partial charge in [0.15, 0.2) is 0 Å². The molecule has 0 aliphatic carbocycles. The minimum absolute atomic E-state index is 0.719. The lowest BCUT2D eigenvalue weighted by atomic mass is 10.0. The highest BCUT2D eigenvalue weighted by Crippen LogP contribution is 2.23. The minimum Gasteiger partial charge on any atom is -0.374 e. The van der Waals surface area contributed by atoms with E-state index in [-0.39, 0.29) is 0 Å². The smallest absolute Gasteiger partial charge is 0.0394 e. The average molecular weight is 311 g/mol. The Morgan fingerprint density at radius 1 is 1.39 bits per heavy atom. The van der Waals surface area contributed by atoms with E-state index < -0.39 is 0 Å². The number of anilines is 1. The first-order valence-corrected chi connectivity index (χ1v) is 7.67. The molecule has 1 aromatic carbocycles. The van der Waals surface area contributed by atoms with Gasteiger partial charge in [0.05, 0.1) is 0 Å². The van der Waals surface area contributed by atoms with Gasteiger partial charge in [0, 0.05) is 29.8 Å². The SMILES string of the molecule is Cc1cc(Br)ccc1N(C)CCC1CCCCN1. The quantitative estimate of drug-likeness (QED) is 0.911. The summed E-state index contributed by atoms with van der Waals surface area (Å²) in [5, 5.41) is 3.62. The summed E-state index contributed by atoms with van der Waals surface area (Å²) in [5.41, 5.74) is 2.68. The zero-order chi connectivity index (χ0) is 13.0. The third-order valence-corrected chi connectivity index (χ3v) is 4.29. The van der Waals surface area contributed by atoms with Crippen molar-refractivity contribution in [2.45, 2.75) is 38.6 Å². The van der Waals surface area contributed by atoms with Crippen LogP contribution in [0, 0.1) is 6.92 Å². The fourth-order valence-electron chi connectivity index (χ4n) is 2.69. The van der Waals surface area contributed by atoms with Gasteiger partial charge in [-0.05, 0) is 56.5 Å². The van der Waals surface area contributed by atoms with Crippen LogP contribution >= 0.6 is 15.9 Å². The van der Waals surface area contributed by atoms with Crippen molar-refractivity contribution in [3.8, 4) is 0 Å². The molecule has 0 radical (unpaired) electrons. The van der Waals surface area contributed by atoms with E-state index >= 15 is 0 Å². The molecule has 1 fully saturated rings. The summed E-state index contributed by atoms with van der Waals surface area (Å²) in [4.78, 5) is 2.37. The molecule has 0 aromatic heterocycles. The molecule has 2 rings (SSSR count). The summed E-state index contributed by atoms with van der Waals surface area (Å²) in [7, 11) is 2.19. The number of halogens is 1. The summed E-state index contributed by atoms with van der Waals surface area (Å²) >= 11 is 3.52. The highest BCUT2D eigenvalue weighted by atomic mass is 79.9. The van der Waals surface area contributed by atoms with Gasteiger partial charge in [-0.15, -0.1) is 0 Å². The topological polar surface area (TPSA) is 15.3 Å². The van der Waals surface area contributed by atoms with E-state index in [4.69, 9.17) is 0 Å². The molecule has 0 spiro atoms. The fraction of sp³-hybridized carbons (Fsp3) is 0.600. The number of aryl methyl sites for hydroxylation is 1. The van der Waals surface area contributed by atoms with Crippen molar-refractivity contribution in [3.05, 3.63) is 28.2 Å². The van der Waals surface area contributed by atoms with Crippen LogP contribution in [0.15, 0.2) is 22.7 Å². The van der Waals surface area contributed by atoms with Crippen LogP contribution in [0.5, 0.6) is 0 Å². The highest BCUT2D eigenvalue weighted by Gasteiger charge is 2.13. The number of nitrogens with zero attached hydrogens (tertiary/aromatic N) is 1. The van der Waals surface area contributed by atoms with Crippen LogP contribution in [-0.4, -0.2) is 26.2 Å². The number of piperidine rings is 1. The molecule has 0 bridgehead atoms. The lowest BCUT2D eigenvalue weighted by Crippen LogP contribution is -2.36. The van der Waals surface area contributed by atoms with E-state index in [1.54, 1.807) is 0 Å². The monoisotopic (exact) mass is 310 g/mol. The Bertz CT molecular complexity index is 386. The van der Waals surface area contributed by atoms with Gasteiger partial charge in [0.25, 0.3) is 0 Å². The summed E-state index contributed by atoms with van der Waals surface area (Å²) in [6.07, 6.45) is 5.32. The molecule has 1 heterocycles. The van der Waals surface area contributed by atoms with Gasteiger partial charge >= 0.3 is 0 Å². The van der Waals surface area contributed by atoms with Gasteiger partial charge in [-0.3, -0.25) is 0 Å². The molecule has 1 aliphatic heterocycles. The van der Waals surface area contributed by atoms with Gasteiger partial charge in [0.1, 0.15) is 0 Å². The Labute approximate surface area is 119 Å². The molecule has 100 valence electrons. The van der Waals surface area contributed by atoms with Crippen LogP contribution in [0.25, 0.3) is 0 Å². The molecule has 1 unspecified atom stereocenters. The van der Waals surface area contributed by atoms with Gasteiger partial charge in [-0.2, -0.15) is 0 Å². The zero-order valence-electron chi connectivity index (χ0n) is 11.4. The van der Waals surface area contributed by atoms with Crippen LogP contribution < -0.4 is 10.2 Å². The number of hydrogen-bond donors (Lipinski definition) is 1. The molecule has 18 heavy (non-hydrogen) atoms. The minimum atomic E-state index is 0.719. The van der Waals surface area contributed by atoms with Crippen LogP contribution in [-0.2, 0) is 0 Å². The number of hydrogen-bond acceptors (Lipinski definition) is 2. The van der Waals surface area contributed by atoms with Crippen LogP contribution in [0.4, 0.5) is 5.69 Å². The van der Waals surface area contributed by atoms with E-state index in [1.807, 2.05) is 0 Å². The summed E-state index contributed by atoms with van der Waals surface area (Å²) in [6.45, 7) is 4.50. The van der Waals surface area contributed by atoms with Crippen molar-refractivity contribution in [1.82, 2.24) is 5.32 Å². The van der Waals surface area contributed by atoms with Crippen LogP contribution in [0.3, 0.4) is 0 Å². The zero-order valence-corrected chi connectivity index (χ0v) is 13.0. The number of nitrogens with one attached hydrogen (secondary N) is 1. The molecule has 0 amide bonds. The molecular formula is C15H23BrN2. The number of rotatable bonds is 4. The van der Waals surface area contributed by atoms with E-state index in [9.17, 15) is 0 Å². The summed E-state index contributed by atoms with van der Waals surface area (Å²) in [5.74, 6) is 0. The predicted octanol–water partition coefficient (Wildman–Crippen LogP) is 3.73. The highest BCUT2D eigenvalue weighted by molar-refractivity contribution is 9.10. The van der Waals surface area contributed by atoms with Crippen molar-refractivity contribution in [2.24, 2.45) is 0 Å². The second kappa shape index (κ2) is 6.58. The third-order valence-electron chi connectivity index (χ3n) is 3.80. The van der Waals surface area contributed by atoms with E-state index in [0.717, 1.165) is 17.1 Å². The standard InChI is InChI=1S/C15H23BrN2/c1-12-11-13(16)6-7-15(12)18(2)10-8-14-5-3-4-9-17-14/h6-7,11,14,17H,3-5,8-10H2,1-2H3. The van der Waals surface area contributed by atoms with E-state index in [2.05, 4.69) is 58.3 Å². The molecule has 3 heteroatoms. The first-order chi connectivity index (χ1) is 8.66. The maximum Gasteiger partial charge on any atom is 0.0394 e. The molecule has 2 nitrogen and oxygen atoms in total. The second-order valence-corrected chi connectivity index (χ2v) is 6.20. The Kier molecular flexibility index (Phi) is 5.07. The lowest BCUT2D eigenvalue weighted by molar-refractivity contribution is 0.384. The average Bonchev–Trinajstić information content (AvgIpc) is 2.37. The molecule has 1 N–H and O–H groups in total. The van der Waals surface area contributed by atoms with Gasteiger partial charge in [-0.1, -0.05) is 22.4 Å². The molecule has 0 saturated carbocycles. The third kappa shape index (κ3) is 3.72. The molecule has 1 aromatic rings. The van der Waals surface area contributed by atoms with Crippen molar-refractivity contribution >= 4 is 21.6 Å². The van der Waals surface area contributed by atoms with Crippen molar-refractivity contribution < 1.29 is 0 Å². The molecule has 1 saturated heterocycles. The maximum atomic E-state index is 3.62. The van der Waals surface area contributed by atoms with Crippen molar-refractivity contribution in [2.75, 3.05) is 25.0 Å². The van der Waals surface area contributed by atoms with Crippen LogP contribution in [0.1, 0.15) is 31.2 Å². The Morgan fingerprint density at radius 3 is 2.89 bits per heavy atom. The van der Waals surface area contributed by atoms with Crippen molar-refractivity contribution in [3.63, 3.8) is 0 Å². The maximum absolute atomic E-state index is 3.62. The summed E-state index contributed by atoms with van der Waals surface area (Å²) < 4.78 is 1.16. The Morgan fingerprint density at radius 2 is 2.22 bits per heavy atom. The second-order valence-electron chi connectivity index (χ2n) is 5.29. The van der Waals surface area contributed by atoms with Crippen LogP contribution in [0.2, 0.25) is 0 Å². The lowest BCUT2D eigenvalue weighted by Gasteiger charge is -2.27. The first-order valence-electron chi connectivity index (χ1n) is 6.87. The Hall–Kier alpha value is -0.540. The first kappa shape index (κ1) is 13.9. The Balaban J connectivity index is 1.88. The largest absolute Gasteiger partial charge is 0.374 e. The normalized spacial score (nSPS) is 19.8. The van der Waals surface area contributed by atoms with Gasteiger partial charge in [0.2, 0.25) is 0 Å². The molecule has 1 atom stereocenters. The number of benzene rings is 1. The van der Waals surface area contributed by atoms with Gasteiger partial charge < -0.3 is 10.2 Å². The van der Waals surface area contributed by atoms with E-state index in [1.165, 1.54) is 43.5 Å². The predicted molar refractivity (Wildman–Crippen MR) is 82.4 cm³/mol. The van der Waals surface area contributed by atoms with E-state index in [0.29, 0.717) is 0 Å². The molecule has 1 aliphatic rings. The molecular weight excluding hydrogens is 288 g/mol. The van der Waals surface area contributed by atoms with Gasteiger partial charge in [-0.25, -0.2) is 0 Å². The summed E-state index contributed by atoms with van der Waals surface area (Å²) in [6, 6.07) is 7.23.